The molecule has 0 N–H and O–H groups in total. The Morgan fingerprint density at radius 2 is 1.42 bits per heavy atom. The van der Waals surface area contributed by atoms with Crippen LogP contribution in [0.5, 0.6) is 0 Å². The molecule has 0 bridgehead atoms. The Morgan fingerprint density at radius 1 is 0.733 bits per heavy atom. The molecule has 228 valence electrons. The summed E-state index contributed by atoms with van der Waals surface area (Å²) in [6.07, 6.45) is 13.1. The molecule has 0 heterocycles. The van der Waals surface area contributed by atoms with E-state index in [4.69, 9.17) is 21.3 Å². The predicted octanol–water partition coefficient (Wildman–Crippen LogP) is 12.4. The summed E-state index contributed by atoms with van der Waals surface area (Å²) in [6, 6.07) is 33.6. The first-order valence-corrected chi connectivity index (χ1v) is 16.3. The Kier molecular flexibility index (Phi) is 9.52. The van der Waals surface area contributed by atoms with Gasteiger partial charge in [0, 0.05) is 36.1 Å². The SMILES string of the molecule is CC(=Nc1ccc(N(c2ccccc2)c2cccc(N(C3=CCCCC3)c3ccccc3)c2Cl)cc1C)OC1=C(C)C=CCC1. The van der Waals surface area contributed by atoms with Crippen molar-refractivity contribution in [2.45, 2.75) is 59.3 Å². The van der Waals surface area contributed by atoms with E-state index in [0.717, 1.165) is 76.7 Å². The van der Waals surface area contributed by atoms with Gasteiger partial charge in [0.2, 0.25) is 0 Å². The molecule has 0 aromatic heterocycles. The molecule has 45 heavy (non-hydrogen) atoms. The highest BCUT2D eigenvalue weighted by atomic mass is 35.5. The first-order chi connectivity index (χ1) is 22.0. The lowest BCUT2D eigenvalue weighted by atomic mass is 10.0. The monoisotopic (exact) mass is 613 g/mol. The fourth-order valence-corrected chi connectivity index (χ4v) is 6.38. The lowest BCUT2D eigenvalue weighted by molar-refractivity contribution is 0.384. The van der Waals surface area contributed by atoms with E-state index in [9.17, 15) is 0 Å². The Balaban J connectivity index is 1.40. The van der Waals surface area contributed by atoms with Crippen LogP contribution in [-0.2, 0) is 4.74 Å². The van der Waals surface area contributed by atoms with Crippen LogP contribution < -0.4 is 9.80 Å². The van der Waals surface area contributed by atoms with Gasteiger partial charge in [0.05, 0.1) is 22.1 Å². The van der Waals surface area contributed by atoms with Gasteiger partial charge in [-0.2, -0.15) is 0 Å². The number of anilines is 5. The zero-order chi connectivity index (χ0) is 31.2. The van der Waals surface area contributed by atoms with Crippen LogP contribution in [0.4, 0.5) is 34.1 Å². The molecular formula is C40H40ClN3O. The third-order valence-corrected chi connectivity index (χ3v) is 8.74. The van der Waals surface area contributed by atoms with Crippen molar-refractivity contribution in [2.75, 3.05) is 9.80 Å². The van der Waals surface area contributed by atoms with Crippen LogP contribution in [0.1, 0.15) is 57.9 Å². The zero-order valence-electron chi connectivity index (χ0n) is 26.3. The van der Waals surface area contributed by atoms with Crippen LogP contribution >= 0.6 is 11.6 Å². The molecule has 2 aliphatic carbocycles. The number of halogens is 1. The van der Waals surface area contributed by atoms with E-state index in [0.29, 0.717) is 10.9 Å². The van der Waals surface area contributed by atoms with Crippen molar-refractivity contribution in [3.8, 4) is 0 Å². The number of hydrogen-bond acceptors (Lipinski definition) is 4. The Morgan fingerprint density at radius 3 is 2.07 bits per heavy atom. The molecule has 0 amide bonds. The highest BCUT2D eigenvalue weighted by Crippen LogP contribution is 2.46. The van der Waals surface area contributed by atoms with E-state index in [1.165, 1.54) is 18.5 Å². The molecule has 0 saturated heterocycles. The van der Waals surface area contributed by atoms with Crippen LogP contribution in [-0.4, -0.2) is 5.90 Å². The molecule has 6 rings (SSSR count). The highest BCUT2D eigenvalue weighted by molar-refractivity contribution is 6.36. The van der Waals surface area contributed by atoms with Crippen molar-refractivity contribution in [1.82, 2.24) is 0 Å². The maximum Gasteiger partial charge on any atom is 0.191 e. The normalized spacial score (nSPS) is 15.1. The second-order valence-electron chi connectivity index (χ2n) is 11.6. The summed E-state index contributed by atoms with van der Waals surface area (Å²) in [5.41, 5.74) is 9.43. The molecule has 4 nitrogen and oxygen atoms in total. The lowest BCUT2D eigenvalue weighted by Crippen LogP contribution is -2.19. The maximum absolute atomic E-state index is 7.45. The van der Waals surface area contributed by atoms with Gasteiger partial charge in [0.25, 0.3) is 0 Å². The summed E-state index contributed by atoms with van der Waals surface area (Å²) >= 11 is 7.45. The molecule has 0 fully saturated rings. The van der Waals surface area contributed by atoms with Gasteiger partial charge in [0.1, 0.15) is 5.76 Å². The second-order valence-corrected chi connectivity index (χ2v) is 12.0. The van der Waals surface area contributed by atoms with Crippen molar-refractivity contribution in [3.05, 3.63) is 143 Å². The second kappa shape index (κ2) is 14.0. The van der Waals surface area contributed by atoms with Gasteiger partial charge in [-0.05, 0) is 112 Å². The van der Waals surface area contributed by atoms with Gasteiger partial charge < -0.3 is 14.5 Å². The topological polar surface area (TPSA) is 28.1 Å². The number of hydrogen-bond donors (Lipinski definition) is 0. The third kappa shape index (κ3) is 6.92. The largest absolute Gasteiger partial charge is 0.447 e. The predicted molar refractivity (Wildman–Crippen MR) is 191 cm³/mol. The minimum Gasteiger partial charge on any atom is -0.447 e. The van der Waals surface area contributed by atoms with Gasteiger partial charge in [-0.15, -0.1) is 0 Å². The number of para-hydroxylation sites is 2. The van der Waals surface area contributed by atoms with E-state index >= 15 is 0 Å². The molecule has 0 spiro atoms. The fraction of sp³-hybridized carbons (Fsp3) is 0.225. The van der Waals surface area contributed by atoms with Crippen LogP contribution in [0.25, 0.3) is 0 Å². The average Bonchev–Trinajstić information content (AvgIpc) is 3.07. The minimum atomic E-state index is 0.643. The summed E-state index contributed by atoms with van der Waals surface area (Å²) in [4.78, 5) is 9.42. The summed E-state index contributed by atoms with van der Waals surface area (Å²) < 4.78 is 6.16. The minimum absolute atomic E-state index is 0.643. The highest BCUT2D eigenvalue weighted by Gasteiger charge is 2.24. The van der Waals surface area contributed by atoms with Gasteiger partial charge in [-0.25, -0.2) is 4.99 Å². The molecule has 0 radical (unpaired) electrons. The molecule has 0 aliphatic heterocycles. The van der Waals surface area contributed by atoms with Gasteiger partial charge in [-0.3, -0.25) is 0 Å². The van der Waals surface area contributed by atoms with E-state index in [2.05, 4.69) is 133 Å². The standard InChI is InChI=1S/C40H40ClN3O/c1-29-16-13-14-25-39(29)45-31(3)42-36-27-26-35(28-30(36)2)44(34-21-11-6-12-22-34)38-24-15-23-37(40(38)41)43(32-17-7-4-8-18-32)33-19-9-5-10-20-33/h4,6-8,11-13,15-19,21-24,26-28H,5,9-10,14,20,25H2,1-3H3. The van der Waals surface area contributed by atoms with E-state index in [-0.39, 0.29) is 0 Å². The number of aliphatic imine (C=N–C) groups is 1. The average molecular weight is 614 g/mol. The molecule has 5 heteroatoms. The molecule has 4 aromatic carbocycles. The fourth-order valence-electron chi connectivity index (χ4n) is 6.09. The van der Waals surface area contributed by atoms with E-state index in [1.807, 2.05) is 13.0 Å². The van der Waals surface area contributed by atoms with Crippen molar-refractivity contribution < 1.29 is 4.74 Å². The summed E-state index contributed by atoms with van der Waals surface area (Å²) in [7, 11) is 0. The van der Waals surface area contributed by atoms with Crippen LogP contribution in [0, 0.1) is 6.92 Å². The van der Waals surface area contributed by atoms with E-state index in [1.54, 1.807) is 0 Å². The Labute approximate surface area is 272 Å². The van der Waals surface area contributed by atoms with Gasteiger partial charge in [-0.1, -0.05) is 72.3 Å². The molecule has 0 unspecified atom stereocenters. The molecular weight excluding hydrogens is 574 g/mol. The van der Waals surface area contributed by atoms with Crippen LogP contribution in [0.15, 0.2) is 137 Å². The van der Waals surface area contributed by atoms with Crippen LogP contribution in [0.2, 0.25) is 5.02 Å². The first-order valence-electron chi connectivity index (χ1n) is 15.9. The molecule has 4 aromatic rings. The summed E-state index contributed by atoms with van der Waals surface area (Å²) in [6.45, 7) is 6.10. The molecule has 2 aliphatic rings. The number of rotatable bonds is 8. The zero-order valence-corrected chi connectivity index (χ0v) is 27.1. The van der Waals surface area contributed by atoms with Crippen molar-refractivity contribution >= 4 is 51.6 Å². The first kappa shape index (κ1) is 30.5. The smallest absolute Gasteiger partial charge is 0.191 e. The number of allylic oxidation sites excluding steroid dienone is 6. The van der Waals surface area contributed by atoms with Crippen LogP contribution in [0.3, 0.4) is 0 Å². The number of nitrogens with zero attached hydrogens (tertiary/aromatic N) is 3. The Hall–Kier alpha value is -4.54. The van der Waals surface area contributed by atoms with Crippen molar-refractivity contribution in [3.63, 3.8) is 0 Å². The molecule has 0 saturated carbocycles. The van der Waals surface area contributed by atoms with Crippen molar-refractivity contribution in [1.29, 1.82) is 0 Å². The van der Waals surface area contributed by atoms with E-state index < -0.39 is 0 Å². The number of aryl methyl sites for hydroxylation is 1. The summed E-state index contributed by atoms with van der Waals surface area (Å²) in [5.74, 6) is 1.63. The number of ether oxygens (including phenoxy) is 1. The number of benzene rings is 4. The van der Waals surface area contributed by atoms with Crippen molar-refractivity contribution in [2.24, 2.45) is 4.99 Å². The Bertz CT molecular complexity index is 1770. The lowest BCUT2D eigenvalue weighted by Gasteiger charge is -2.33. The van der Waals surface area contributed by atoms with Gasteiger partial charge >= 0.3 is 0 Å². The van der Waals surface area contributed by atoms with Gasteiger partial charge in [0.15, 0.2) is 5.90 Å². The molecule has 0 atom stereocenters. The third-order valence-electron chi connectivity index (χ3n) is 8.36. The quantitative estimate of drug-likeness (QED) is 0.146. The summed E-state index contributed by atoms with van der Waals surface area (Å²) in [5, 5.41) is 0.700. The maximum atomic E-state index is 7.45.